The third-order valence-electron chi connectivity index (χ3n) is 2.37. The quantitative estimate of drug-likeness (QED) is 0.643. The summed E-state index contributed by atoms with van der Waals surface area (Å²) in [4.78, 5) is 4.23. The maximum absolute atomic E-state index is 4.99. The predicted molar refractivity (Wildman–Crippen MR) is 63.1 cm³/mol. The molecule has 16 heavy (non-hydrogen) atoms. The smallest absolute Gasteiger partial charge is 0.140 e. The minimum Gasteiger partial charge on any atom is -0.385 e. The van der Waals surface area contributed by atoms with Crippen molar-refractivity contribution in [1.82, 2.24) is 20.1 Å². The van der Waals surface area contributed by atoms with E-state index in [0.29, 0.717) is 0 Å². The van der Waals surface area contributed by atoms with Crippen molar-refractivity contribution in [3.63, 3.8) is 0 Å². The van der Waals surface area contributed by atoms with Crippen molar-refractivity contribution in [3.8, 4) is 0 Å². The Labute approximate surface area is 97.2 Å². The highest BCUT2D eigenvalue weighted by atomic mass is 16.5. The summed E-state index contributed by atoms with van der Waals surface area (Å²) in [6.45, 7) is 5.73. The monoisotopic (exact) mass is 226 g/mol. The van der Waals surface area contributed by atoms with Gasteiger partial charge in [-0.2, -0.15) is 5.10 Å². The average Bonchev–Trinajstić information content (AvgIpc) is 2.72. The van der Waals surface area contributed by atoms with Gasteiger partial charge in [-0.15, -0.1) is 0 Å². The number of aryl methyl sites for hydroxylation is 1. The molecule has 1 heterocycles. The van der Waals surface area contributed by atoms with Gasteiger partial charge in [0, 0.05) is 20.3 Å². The lowest BCUT2D eigenvalue weighted by atomic mass is 10.3. The second kappa shape index (κ2) is 8.24. The van der Waals surface area contributed by atoms with Gasteiger partial charge in [-0.05, 0) is 25.8 Å². The molecule has 1 aromatic heterocycles. The van der Waals surface area contributed by atoms with Gasteiger partial charge in [0.2, 0.25) is 0 Å². The van der Waals surface area contributed by atoms with Crippen LogP contribution < -0.4 is 5.32 Å². The molecule has 92 valence electrons. The Balaban J connectivity index is 2.13. The maximum atomic E-state index is 4.99. The van der Waals surface area contributed by atoms with Crippen LogP contribution in [-0.2, 0) is 17.8 Å². The standard InChI is InChI=1S/C11H22N4O/c1-3-7-15-11(13-10-14-15)9-12-6-4-5-8-16-2/h10,12H,3-9H2,1-2H3. The fourth-order valence-corrected chi connectivity index (χ4v) is 1.52. The number of nitrogens with zero attached hydrogens (tertiary/aromatic N) is 3. The Morgan fingerprint density at radius 1 is 1.44 bits per heavy atom. The van der Waals surface area contributed by atoms with Crippen LogP contribution in [0.3, 0.4) is 0 Å². The summed E-state index contributed by atoms with van der Waals surface area (Å²) < 4.78 is 6.95. The van der Waals surface area contributed by atoms with Gasteiger partial charge in [0.25, 0.3) is 0 Å². The van der Waals surface area contributed by atoms with Gasteiger partial charge in [0.05, 0.1) is 6.54 Å². The van der Waals surface area contributed by atoms with Gasteiger partial charge in [0.1, 0.15) is 12.2 Å². The molecule has 1 rings (SSSR count). The number of hydrogen-bond donors (Lipinski definition) is 1. The SMILES string of the molecule is CCCn1ncnc1CNCCCCOC. The number of unbranched alkanes of at least 4 members (excludes halogenated alkanes) is 1. The molecule has 5 heteroatoms. The normalized spacial score (nSPS) is 10.9. The Morgan fingerprint density at radius 2 is 2.31 bits per heavy atom. The third kappa shape index (κ3) is 4.72. The van der Waals surface area contributed by atoms with E-state index in [1.807, 2.05) is 4.68 Å². The molecule has 0 aliphatic carbocycles. The maximum Gasteiger partial charge on any atom is 0.140 e. The first-order valence-corrected chi connectivity index (χ1v) is 5.94. The van der Waals surface area contributed by atoms with Crippen LogP contribution in [0.1, 0.15) is 32.0 Å². The summed E-state index contributed by atoms with van der Waals surface area (Å²) in [5.41, 5.74) is 0. The van der Waals surface area contributed by atoms with Crippen molar-refractivity contribution < 1.29 is 4.74 Å². The summed E-state index contributed by atoms with van der Waals surface area (Å²) in [5, 5.41) is 7.55. The highest BCUT2D eigenvalue weighted by Gasteiger charge is 2.01. The summed E-state index contributed by atoms with van der Waals surface area (Å²) in [7, 11) is 1.74. The summed E-state index contributed by atoms with van der Waals surface area (Å²) in [6.07, 6.45) is 4.95. The minimum atomic E-state index is 0.799. The Morgan fingerprint density at radius 3 is 3.06 bits per heavy atom. The molecule has 0 unspecified atom stereocenters. The van der Waals surface area contributed by atoms with E-state index in [-0.39, 0.29) is 0 Å². The molecule has 0 radical (unpaired) electrons. The van der Waals surface area contributed by atoms with E-state index in [1.54, 1.807) is 13.4 Å². The van der Waals surface area contributed by atoms with Crippen molar-refractivity contribution in [2.45, 2.75) is 39.3 Å². The molecule has 5 nitrogen and oxygen atoms in total. The van der Waals surface area contributed by atoms with E-state index >= 15 is 0 Å². The lowest BCUT2D eigenvalue weighted by Gasteiger charge is -2.06. The Hall–Kier alpha value is -0.940. The topological polar surface area (TPSA) is 52.0 Å². The van der Waals surface area contributed by atoms with Crippen LogP contribution in [0.4, 0.5) is 0 Å². The number of methoxy groups -OCH3 is 1. The Bertz CT molecular complexity index is 275. The molecule has 0 amide bonds. The van der Waals surface area contributed by atoms with Crippen LogP contribution in [0.2, 0.25) is 0 Å². The molecular weight excluding hydrogens is 204 g/mol. The lowest BCUT2D eigenvalue weighted by molar-refractivity contribution is 0.192. The predicted octanol–water partition coefficient (Wildman–Crippen LogP) is 1.20. The zero-order valence-electron chi connectivity index (χ0n) is 10.3. The molecule has 0 atom stereocenters. The van der Waals surface area contributed by atoms with Crippen LogP contribution in [0.5, 0.6) is 0 Å². The average molecular weight is 226 g/mol. The van der Waals surface area contributed by atoms with Gasteiger partial charge < -0.3 is 10.1 Å². The number of hydrogen-bond acceptors (Lipinski definition) is 4. The summed E-state index contributed by atoms with van der Waals surface area (Å²) >= 11 is 0. The zero-order chi connectivity index (χ0) is 11.6. The molecule has 0 aliphatic rings. The summed E-state index contributed by atoms with van der Waals surface area (Å²) in [6, 6.07) is 0. The second-order valence-electron chi connectivity index (χ2n) is 3.78. The lowest BCUT2D eigenvalue weighted by Crippen LogP contribution is -2.19. The third-order valence-corrected chi connectivity index (χ3v) is 2.37. The largest absolute Gasteiger partial charge is 0.385 e. The minimum absolute atomic E-state index is 0.799. The first-order chi connectivity index (χ1) is 7.88. The Kier molecular flexibility index (Phi) is 6.76. The number of nitrogens with one attached hydrogen (secondary N) is 1. The molecular formula is C11H22N4O. The molecule has 0 aliphatic heterocycles. The van der Waals surface area contributed by atoms with E-state index in [0.717, 1.165) is 51.3 Å². The number of rotatable bonds is 9. The fourth-order valence-electron chi connectivity index (χ4n) is 1.52. The van der Waals surface area contributed by atoms with Crippen molar-refractivity contribution in [3.05, 3.63) is 12.2 Å². The summed E-state index contributed by atoms with van der Waals surface area (Å²) in [5.74, 6) is 1.02. The molecule has 0 aromatic carbocycles. The van der Waals surface area contributed by atoms with E-state index in [1.165, 1.54) is 0 Å². The van der Waals surface area contributed by atoms with Crippen molar-refractivity contribution in [2.24, 2.45) is 0 Å². The van der Waals surface area contributed by atoms with Gasteiger partial charge >= 0.3 is 0 Å². The van der Waals surface area contributed by atoms with Gasteiger partial charge in [0.15, 0.2) is 0 Å². The van der Waals surface area contributed by atoms with Crippen LogP contribution in [0.25, 0.3) is 0 Å². The first kappa shape index (κ1) is 13.1. The number of aromatic nitrogens is 3. The van der Waals surface area contributed by atoms with Crippen molar-refractivity contribution in [2.75, 3.05) is 20.3 Å². The molecule has 0 bridgehead atoms. The second-order valence-corrected chi connectivity index (χ2v) is 3.78. The van der Waals surface area contributed by atoms with Crippen molar-refractivity contribution in [1.29, 1.82) is 0 Å². The van der Waals surface area contributed by atoms with E-state index in [9.17, 15) is 0 Å². The highest BCUT2D eigenvalue weighted by molar-refractivity contribution is 4.83. The molecule has 1 aromatic rings. The van der Waals surface area contributed by atoms with E-state index in [4.69, 9.17) is 4.74 Å². The van der Waals surface area contributed by atoms with Crippen LogP contribution >= 0.6 is 0 Å². The van der Waals surface area contributed by atoms with Gasteiger partial charge in [-0.3, -0.25) is 0 Å². The van der Waals surface area contributed by atoms with E-state index < -0.39 is 0 Å². The van der Waals surface area contributed by atoms with Crippen LogP contribution in [0, 0.1) is 0 Å². The van der Waals surface area contributed by atoms with Crippen LogP contribution in [-0.4, -0.2) is 35.0 Å². The van der Waals surface area contributed by atoms with Gasteiger partial charge in [-0.1, -0.05) is 6.92 Å². The van der Waals surface area contributed by atoms with E-state index in [2.05, 4.69) is 22.3 Å². The molecule has 1 N–H and O–H groups in total. The van der Waals surface area contributed by atoms with Crippen molar-refractivity contribution >= 4 is 0 Å². The molecule has 0 spiro atoms. The first-order valence-electron chi connectivity index (χ1n) is 5.94. The zero-order valence-corrected chi connectivity index (χ0v) is 10.3. The molecule has 0 saturated heterocycles. The molecule has 0 saturated carbocycles. The highest BCUT2D eigenvalue weighted by Crippen LogP contribution is 1.96. The fraction of sp³-hybridized carbons (Fsp3) is 0.818. The number of ether oxygens (including phenoxy) is 1. The molecule has 0 fully saturated rings. The van der Waals surface area contributed by atoms with Gasteiger partial charge in [-0.25, -0.2) is 9.67 Å². The van der Waals surface area contributed by atoms with Crippen LogP contribution in [0.15, 0.2) is 6.33 Å².